The van der Waals surface area contributed by atoms with Crippen LogP contribution < -0.4 is 5.73 Å². The van der Waals surface area contributed by atoms with Gasteiger partial charge in [-0.3, -0.25) is 9.89 Å². The van der Waals surface area contributed by atoms with Gasteiger partial charge in [-0.15, -0.1) is 0 Å². The molecule has 1 amide bonds. The van der Waals surface area contributed by atoms with Crippen LogP contribution in [0.15, 0.2) is 18.6 Å². The second-order valence-corrected chi connectivity index (χ2v) is 3.65. The highest BCUT2D eigenvalue weighted by Gasteiger charge is 2.19. The Morgan fingerprint density at radius 1 is 1.56 bits per heavy atom. The van der Waals surface area contributed by atoms with E-state index in [2.05, 4.69) is 20.2 Å². The molecule has 0 bridgehead atoms. The second kappa shape index (κ2) is 4.78. The Hall–Kier alpha value is -2.51. The van der Waals surface area contributed by atoms with E-state index in [-0.39, 0.29) is 17.9 Å². The number of pyridine rings is 1. The van der Waals surface area contributed by atoms with Gasteiger partial charge in [-0.1, -0.05) is 0 Å². The molecule has 0 radical (unpaired) electrons. The highest BCUT2D eigenvalue weighted by Crippen LogP contribution is 2.14. The van der Waals surface area contributed by atoms with Crippen molar-refractivity contribution < 1.29 is 9.18 Å². The number of nitrogen functional groups attached to an aromatic ring is 1. The van der Waals surface area contributed by atoms with Crippen molar-refractivity contribution in [2.45, 2.75) is 6.54 Å². The summed E-state index contributed by atoms with van der Waals surface area (Å²) in [4.78, 5) is 20.7. The van der Waals surface area contributed by atoms with Gasteiger partial charge < -0.3 is 10.6 Å². The van der Waals surface area contributed by atoms with Gasteiger partial charge in [0.15, 0.2) is 11.6 Å². The molecule has 2 heterocycles. The maximum absolute atomic E-state index is 13.6. The molecule has 0 atom stereocenters. The molecule has 94 valence electrons. The maximum atomic E-state index is 13.6. The Kier molecular flexibility index (Phi) is 3.18. The van der Waals surface area contributed by atoms with Crippen LogP contribution in [-0.4, -0.2) is 38.0 Å². The molecule has 3 N–H and O–H groups in total. The maximum Gasteiger partial charge on any atom is 0.257 e. The first-order valence-electron chi connectivity index (χ1n) is 5.09. The first-order valence-corrected chi connectivity index (χ1v) is 5.09. The van der Waals surface area contributed by atoms with Crippen LogP contribution in [0.2, 0.25) is 0 Å². The number of H-pyrrole nitrogens is 1. The molecule has 0 saturated carbocycles. The number of carbonyl (C=O) groups excluding carboxylic acids is 1. The number of aromatic nitrogens is 4. The van der Waals surface area contributed by atoms with Crippen LogP contribution >= 0.6 is 0 Å². The van der Waals surface area contributed by atoms with Crippen molar-refractivity contribution in [3.63, 3.8) is 0 Å². The van der Waals surface area contributed by atoms with Crippen LogP contribution in [0, 0.1) is 5.82 Å². The number of hydrogen-bond acceptors (Lipinski definition) is 5. The van der Waals surface area contributed by atoms with Crippen molar-refractivity contribution in [2.24, 2.45) is 0 Å². The summed E-state index contributed by atoms with van der Waals surface area (Å²) < 4.78 is 13.6. The lowest BCUT2D eigenvalue weighted by Gasteiger charge is -2.16. The van der Waals surface area contributed by atoms with Gasteiger partial charge in [0.1, 0.15) is 12.2 Å². The van der Waals surface area contributed by atoms with Crippen molar-refractivity contribution >= 4 is 11.7 Å². The zero-order valence-electron chi connectivity index (χ0n) is 9.59. The quantitative estimate of drug-likeness (QED) is 0.810. The van der Waals surface area contributed by atoms with E-state index in [0.29, 0.717) is 5.82 Å². The average molecular weight is 250 g/mol. The number of nitrogens with zero attached hydrogens (tertiary/aromatic N) is 4. The van der Waals surface area contributed by atoms with Crippen molar-refractivity contribution in [1.82, 2.24) is 25.1 Å². The van der Waals surface area contributed by atoms with Gasteiger partial charge in [0, 0.05) is 13.2 Å². The summed E-state index contributed by atoms with van der Waals surface area (Å²) in [5, 5.41) is 6.28. The number of amides is 1. The fourth-order valence-electron chi connectivity index (χ4n) is 1.43. The van der Waals surface area contributed by atoms with E-state index < -0.39 is 11.7 Å². The number of nitrogens with two attached hydrogens (primary N) is 1. The zero-order valence-corrected chi connectivity index (χ0v) is 9.59. The Balaban J connectivity index is 2.18. The number of aromatic amines is 1. The largest absolute Gasteiger partial charge is 0.381 e. The molecule has 0 spiro atoms. The van der Waals surface area contributed by atoms with E-state index >= 15 is 0 Å². The summed E-state index contributed by atoms with van der Waals surface area (Å²) in [5.74, 6) is -1.10. The minimum absolute atomic E-state index is 0.121. The molecular weight excluding hydrogens is 239 g/mol. The Morgan fingerprint density at radius 2 is 2.33 bits per heavy atom. The minimum atomic E-state index is -0.813. The third kappa shape index (κ3) is 2.26. The van der Waals surface area contributed by atoms with E-state index in [1.165, 1.54) is 30.5 Å². The lowest BCUT2D eigenvalue weighted by Crippen LogP contribution is -2.28. The third-order valence-electron chi connectivity index (χ3n) is 2.35. The standard InChI is InChI=1S/C10H11FN6O/c1-17(4-7-14-5-15-16-7)10(18)6-2-3-13-9(12)8(6)11/h2-3,5H,4H2,1H3,(H2,12,13)(H,14,15,16). The number of rotatable bonds is 3. The summed E-state index contributed by atoms with van der Waals surface area (Å²) in [6.45, 7) is 0.195. The summed E-state index contributed by atoms with van der Waals surface area (Å²) in [6.07, 6.45) is 2.62. The second-order valence-electron chi connectivity index (χ2n) is 3.65. The van der Waals surface area contributed by atoms with Crippen molar-refractivity contribution in [3.05, 3.63) is 35.8 Å². The highest BCUT2D eigenvalue weighted by atomic mass is 19.1. The summed E-state index contributed by atoms with van der Waals surface area (Å²) >= 11 is 0. The van der Waals surface area contributed by atoms with E-state index in [0.717, 1.165) is 0 Å². The van der Waals surface area contributed by atoms with Crippen LogP contribution in [-0.2, 0) is 6.54 Å². The van der Waals surface area contributed by atoms with Gasteiger partial charge in [-0.05, 0) is 6.07 Å². The summed E-state index contributed by atoms with van der Waals surface area (Å²) in [6, 6.07) is 1.28. The van der Waals surface area contributed by atoms with Gasteiger partial charge in [-0.25, -0.2) is 14.4 Å². The first-order chi connectivity index (χ1) is 8.59. The van der Waals surface area contributed by atoms with E-state index in [9.17, 15) is 9.18 Å². The molecule has 0 aromatic carbocycles. The first kappa shape index (κ1) is 12.0. The highest BCUT2D eigenvalue weighted by molar-refractivity contribution is 5.94. The summed E-state index contributed by atoms with van der Waals surface area (Å²) in [5.41, 5.74) is 5.19. The van der Waals surface area contributed by atoms with Crippen LogP contribution in [0.25, 0.3) is 0 Å². The van der Waals surface area contributed by atoms with E-state index in [1.54, 1.807) is 0 Å². The minimum Gasteiger partial charge on any atom is -0.381 e. The average Bonchev–Trinajstić information content (AvgIpc) is 2.84. The van der Waals surface area contributed by atoms with Gasteiger partial charge in [0.05, 0.1) is 12.1 Å². The molecule has 8 heteroatoms. The van der Waals surface area contributed by atoms with Gasteiger partial charge >= 0.3 is 0 Å². The van der Waals surface area contributed by atoms with Crippen LogP contribution in [0.3, 0.4) is 0 Å². The molecule has 0 fully saturated rings. The lowest BCUT2D eigenvalue weighted by atomic mass is 10.2. The normalized spacial score (nSPS) is 10.3. The molecule has 0 aliphatic heterocycles. The monoisotopic (exact) mass is 250 g/mol. The van der Waals surface area contributed by atoms with E-state index in [4.69, 9.17) is 5.73 Å². The molecule has 2 rings (SSSR count). The third-order valence-corrected chi connectivity index (χ3v) is 2.35. The van der Waals surface area contributed by atoms with Crippen molar-refractivity contribution in [1.29, 1.82) is 0 Å². The Morgan fingerprint density at radius 3 is 3.00 bits per heavy atom. The molecule has 2 aromatic heterocycles. The topological polar surface area (TPSA) is 101 Å². The number of anilines is 1. The molecule has 0 unspecified atom stereocenters. The number of nitrogens with one attached hydrogen (secondary N) is 1. The predicted octanol–water partition coefficient (Wildman–Crippen LogP) is 0.193. The van der Waals surface area contributed by atoms with Gasteiger partial charge in [-0.2, -0.15) is 5.10 Å². The SMILES string of the molecule is CN(Cc1ncn[nH]1)C(=O)c1ccnc(N)c1F. The molecule has 2 aromatic rings. The number of halogens is 1. The predicted molar refractivity (Wildman–Crippen MR) is 60.8 cm³/mol. The van der Waals surface area contributed by atoms with Gasteiger partial charge in [0.25, 0.3) is 5.91 Å². The van der Waals surface area contributed by atoms with Crippen LogP contribution in [0.1, 0.15) is 16.2 Å². The van der Waals surface area contributed by atoms with Gasteiger partial charge in [0.2, 0.25) is 0 Å². The number of hydrogen-bond donors (Lipinski definition) is 2. The zero-order chi connectivity index (χ0) is 13.1. The smallest absolute Gasteiger partial charge is 0.257 e. The molecular formula is C10H11FN6O. The molecule has 0 aliphatic rings. The lowest BCUT2D eigenvalue weighted by molar-refractivity contribution is 0.0777. The van der Waals surface area contributed by atoms with Crippen molar-refractivity contribution in [3.8, 4) is 0 Å². The number of carbonyl (C=O) groups is 1. The van der Waals surface area contributed by atoms with Crippen molar-refractivity contribution in [2.75, 3.05) is 12.8 Å². The fraction of sp³-hybridized carbons (Fsp3) is 0.200. The Labute approximate surface area is 102 Å². The van der Waals surface area contributed by atoms with E-state index in [1.807, 2.05) is 0 Å². The van der Waals surface area contributed by atoms with Crippen LogP contribution in [0.4, 0.5) is 10.2 Å². The molecule has 18 heavy (non-hydrogen) atoms. The molecule has 7 nitrogen and oxygen atoms in total. The molecule has 0 aliphatic carbocycles. The molecule has 0 saturated heterocycles. The summed E-state index contributed by atoms with van der Waals surface area (Å²) in [7, 11) is 1.53. The van der Waals surface area contributed by atoms with Crippen LogP contribution in [0.5, 0.6) is 0 Å². The fourth-order valence-corrected chi connectivity index (χ4v) is 1.43. The Bertz CT molecular complexity index is 556.